The first-order chi connectivity index (χ1) is 10.2. The highest BCUT2D eigenvalue weighted by atomic mass is 32.1. The van der Waals surface area contributed by atoms with Crippen LogP contribution in [0, 0.1) is 6.92 Å². The van der Waals surface area contributed by atoms with E-state index in [1.54, 1.807) is 18.3 Å². The Morgan fingerprint density at radius 2 is 2.24 bits per heavy atom. The molecule has 6 nitrogen and oxygen atoms in total. The fourth-order valence-electron chi connectivity index (χ4n) is 2.45. The SMILES string of the molecule is Cc1nc(CN2CCN(Cc3ccsc3)CCC2=O)no1. The van der Waals surface area contributed by atoms with Gasteiger partial charge in [0.25, 0.3) is 0 Å². The highest BCUT2D eigenvalue weighted by molar-refractivity contribution is 7.07. The summed E-state index contributed by atoms with van der Waals surface area (Å²) in [5.41, 5.74) is 1.31. The molecule has 0 N–H and O–H groups in total. The maximum atomic E-state index is 12.2. The van der Waals surface area contributed by atoms with Crippen molar-refractivity contribution in [1.82, 2.24) is 19.9 Å². The third-order valence-corrected chi connectivity index (χ3v) is 4.30. The minimum Gasteiger partial charge on any atom is -0.340 e. The zero-order valence-electron chi connectivity index (χ0n) is 12.0. The molecule has 21 heavy (non-hydrogen) atoms. The number of hydrogen-bond donors (Lipinski definition) is 0. The Hall–Kier alpha value is -1.73. The van der Waals surface area contributed by atoms with Gasteiger partial charge in [-0.25, -0.2) is 0 Å². The Kier molecular flexibility index (Phi) is 4.31. The third kappa shape index (κ3) is 3.68. The highest BCUT2D eigenvalue weighted by Gasteiger charge is 2.22. The van der Waals surface area contributed by atoms with Crippen LogP contribution in [0.25, 0.3) is 0 Å². The van der Waals surface area contributed by atoms with Gasteiger partial charge >= 0.3 is 0 Å². The van der Waals surface area contributed by atoms with Crippen LogP contribution in [0.4, 0.5) is 0 Å². The molecule has 7 heteroatoms. The van der Waals surface area contributed by atoms with Gasteiger partial charge in [0.05, 0.1) is 6.54 Å². The van der Waals surface area contributed by atoms with Crippen molar-refractivity contribution in [2.24, 2.45) is 0 Å². The van der Waals surface area contributed by atoms with Gasteiger partial charge in [0.15, 0.2) is 5.82 Å². The van der Waals surface area contributed by atoms with Gasteiger partial charge < -0.3 is 9.42 Å². The van der Waals surface area contributed by atoms with E-state index in [1.165, 1.54) is 5.56 Å². The van der Waals surface area contributed by atoms with E-state index in [0.29, 0.717) is 31.2 Å². The summed E-state index contributed by atoms with van der Waals surface area (Å²) in [6, 6.07) is 2.14. The minimum absolute atomic E-state index is 0.158. The molecule has 0 saturated carbocycles. The van der Waals surface area contributed by atoms with E-state index in [2.05, 4.69) is 31.9 Å². The number of thiophene rings is 1. The molecule has 1 aliphatic heterocycles. The summed E-state index contributed by atoms with van der Waals surface area (Å²) in [5, 5.41) is 8.11. The number of aryl methyl sites for hydroxylation is 1. The number of carbonyl (C=O) groups is 1. The third-order valence-electron chi connectivity index (χ3n) is 3.57. The summed E-state index contributed by atoms with van der Waals surface area (Å²) in [6.07, 6.45) is 0.543. The fraction of sp³-hybridized carbons (Fsp3) is 0.500. The van der Waals surface area contributed by atoms with Gasteiger partial charge in [0.2, 0.25) is 11.8 Å². The van der Waals surface area contributed by atoms with Crippen LogP contribution in [-0.4, -0.2) is 45.5 Å². The number of rotatable bonds is 4. The largest absolute Gasteiger partial charge is 0.340 e. The Bertz CT molecular complexity index is 596. The second-order valence-electron chi connectivity index (χ2n) is 5.20. The van der Waals surface area contributed by atoms with Crippen LogP contribution in [0.5, 0.6) is 0 Å². The monoisotopic (exact) mass is 306 g/mol. The molecule has 3 heterocycles. The van der Waals surface area contributed by atoms with Gasteiger partial charge in [-0.1, -0.05) is 5.16 Å². The van der Waals surface area contributed by atoms with Crippen molar-refractivity contribution in [3.8, 4) is 0 Å². The molecule has 0 aliphatic carbocycles. The van der Waals surface area contributed by atoms with Gasteiger partial charge in [-0.15, -0.1) is 0 Å². The number of hydrogen-bond acceptors (Lipinski definition) is 6. The fourth-order valence-corrected chi connectivity index (χ4v) is 3.11. The predicted octanol–water partition coefficient (Wildman–Crippen LogP) is 1.67. The first-order valence-corrected chi connectivity index (χ1v) is 7.95. The molecule has 1 amide bonds. The van der Waals surface area contributed by atoms with Gasteiger partial charge in [-0.05, 0) is 22.4 Å². The zero-order valence-corrected chi connectivity index (χ0v) is 12.8. The summed E-state index contributed by atoms with van der Waals surface area (Å²) in [5.74, 6) is 1.27. The van der Waals surface area contributed by atoms with Crippen LogP contribution < -0.4 is 0 Å². The first-order valence-electron chi connectivity index (χ1n) is 7.01. The second-order valence-corrected chi connectivity index (χ2v) is 5.98. The van der Waals surface area contributed by atoms with E-state index in [-0.39, 0.29) is 5.91 Å². The van der Waals surface area contributed by atoms with E-state index in [4.69, 9.17) is 4.52 Å². The second kappa shape index (κ2) is 6.36. The lowest BCUT2D eigenvalue weighted by Gasteiger charge is -2.20. The van der Waals surface area contributed by atoms with Gasteiger partial charge in [-0.2, -0.15) is 16.3 Å². The molecule has 1 saturated heterocycles. The van der Waals surface area contributed by atoms with E-state index in [1.807, 2.05) is 4.90 Å². The average Bonchev–Trinajstić information content (AvgIpc) is 3.07. The lowest BCUT2D eigenvalue weighted by atomic mass is 10.3. The molecule has 3 rings (SSSR count). The lowest BCUT2D eigenvalue weighted by molar-refractivity contribution is -0.131. The van der Waals surface area contributed by atoms with Crippen LogP contribution in [0.2, 0.25) is 0 Å². The van der Waals surface area contributed by atoms with Crippen LogP contribution in [0.15, 0.2) is 21.3 Å². The maximum Gasteiger partial charge on any atom is 0.224 e. The Balaban J connectivity index is 1.59. The molecule has 2 aromatic heterocycles. The summed E-state index contributed by atoms with van der Waals surface area (Å²) in [6.45, 7) is 5.48. The molecule has 0 radical (unpaired) electrons. The molecule has 0 atom stereocenters. The van der Waals surface area contributed by atoms with Crippen molar-refractivity contribution in [2.45, 2.75) is 26.4 Å². The molecule has 112 valence electrons. The number of aromatic nitrogens is 2. The predicted molar refractivity (Wildman–Crippen MR) is 78.7 cm³/mol. The molecule has 0 aromatic carbocycles. The molecule has 1 fully saturated rings. The van der Waals surface area contributed by atoms with Crippen molar-refractivity contribution in [3.63, 3.8) is 0 Å². The van der Waals surface area contributed by atoms with Crippen LogP contribution >= 0.6 is 11.3 Å². The highest BCUT2D eigenvalue weighted by Crippen LogP contribution is 2.13. The molecular weight excluding hydrogens is 288 g/mol. The normalized spacial score (nSPS) is 17.2. The van der Waals surface area contributed by atoms with Crippen molar-refractivity contribution in [3.05, 3.63) is 34.1 Å². The van der Waals surface area contributed by atoms with Crippen LogP contribution in [0.3, 0.4) is 0 Å². The van der Waals surface area contributed by atoms with Crippen molar-refractivity contribution in [1.29, 1.82) is 0 Å². The van der Waals surface area contributed by atoms with Crippen molar-refractivity contribution < 1.29 is 9.32 Å². The molecular formula is C14H18N4O2S. The maximum absolute atomic E-state index is 12.2. The Morgan fingerprint density at radius 3 is 2.95 bits per heavy atom. The molecule has 1 aliphatic rings. The van der Waals surface area contributed by atoms with E-state index >= 15 is 0 Å². The molecule has 0 unspecified atom stereocenters. The number of amides is 1. The smallest absolute Gasteiger partial charge is 0.224 e. The number of nitrogens with zero attached hydrogens (tertiary/aromatic N) is 4. The Labute approximate surface area is 127 Å². The van der Waals surface area contributed by atoms with Crippen molar-refractivity contribution >= 4 is 17.2 Å². The molecule has 0 bridgehead atoms. The number of carbonyl (C=O) groups excluding carboxylic acids is 1. The van der Waals surface area contributed by atoms with E-state index < -0.39 is 0 Å². The van der Waals surface area contributed by atoms with E-state index in [0.717, 1.165) is 19.6 Å². The minimum atomic E-state index is 0.158. The van der Waals surface area contributed by atoms with Crippen LogP contribution in [0.1, 0.15) is 23.7 Å². The summed E-state index contributed by atoms with van der Waals surface area (Å²) in [4.78, 5) is 20.5. The van der Waals surface area contributed by atoms with Gasteiger partial charge in [-0.3, -0.25) is 9.69 Å². The zero-order chi connectivity index (χ0) is 14.7. The molecule has 0 spiro atoms. The average molecular weight is 306 g/mol. The Morgan fingerprint density at radius 1 is 1.33 bits per heavy atom. The molecule has 2 aromatic rings. The standard InChI is InChI=1S/C14H18N4O2S/c1-11-15-13(16-20-11)9-18-6-5-17(4-2-14(18)19)8-12-3-7-21-10-12/h3,7,10H,2,4-6,8-9H2,1H3. The van der Waals surface area contributed by atoms with E-state index in [9.17, 15) is 4.79 Å². The van der Waals surface area contributed by atoms with Crippen LogP contribution in [-0.2, 0) is 17.9 Å². The van der Waals surface area contributed by atoms with Crippen molar-refractivity contribution in [2.75, 3.05) is 19.6 Å². The quantitative estimate of drug-likeness (QED) is 0.860. The lowest BCUT2D eigenvalue weighted by Crippen LogP contribution is -2.33. The summed E-state index contributed by atoms with van der Waals surface area (Å²) in [7, 11) is 0. The summed E-state index contributed by atoms with van der Waals surface area (Å²) >= 11 is 1.71. The van der Waals surface area contributed by atoms with Gasteiger partial charge in [0, 0.05) is 39.5 Å². The first kappa shape index (κ1) is 14.2. The van der Waals surface area contributed by atoms with Gasteiger partial charge in [0.1, 0.15) is 0 Å². The topological polar surface area (TPSA) is 62.5 Å². The summed E-state index contributed by atoms with van der Waals surface area (Å²) < 4.78 is 4.96.